The second kappa shape index (κ2) is 7.73. The SMILES string of the molecule is Cc1nn(CC(=O)NC(=O)NC2CCCCC2)c(=O)c(C#N)c1C. The van der Waals surface area contributed by atoms with E-state index in [2.05, 4.69) is 15.7 Å². The lowest BCUT2D eigenvalue weighted by atomic mass is 9.96. The second-order valence-corrected chi connectivity index (χ2v) is 6.02. The monoisotopic (exact) mass is 331 g/mol. The van der Waals surface area contributed by atoms with Crippen LogP contribution in [0.3, 0.4) is 0 Å². The third-order valence-electron chi connectivity index (χ3n) is 4.24. The van der Waals surface area contributed by atoms with Gasteiger partial charge >= 0.3 is 6.03 Å². The molecule has 8 heteroatoms. The third-order valence-corrected chi connectivity index (χ3v) is 4.24. The number of rotatable bonds is 3. The van der Waals surface area contributed by atoms with Crippen molar-refractivity contribution in [1.29, 1.82) is 5.26 Å². The van der Waals surface area contributed by atoms with Crippen LogP contribution in [-0.4, -0.2) is 27.8 Å². The molecular weight excluding hydrogens is 310 g/mol. The van der Waals surface area contributed by atoms with Crippen LogP contribution in [0.4, 0.5) is 4.79 Å². The van der Waals surface area contributed by atoms with Crippen LogP contribution in [0.5, 0.6) is 0 Å². The fourth-order valence-electron chi connectivity index (χ4n) is 2.78. The van der Waals surface area contributed by atoms with Crippen LogP contribution in [0.25, 0.3) is 0 Å². The van der Waals surface area contributed by atoms with Crippen molar-refractivity contribution in [3.05, 3.63) is 27.2 Å². The molecule has 0 spiro atoms. The summed E-state index contributed by atoms with van der Waals surface area (Å²) >= 11 is 0. The van der Waals surface area contributed by atoms with Crippen molar-refractivity contribution in [2.45, 2.75) is 58.5 Å². The quantitative estimate of drug-likeness (QED) is 0.853. The standard InChI is InChI=1S/C16H21N5O3/c1-10-11(2)20-21(15(23)13(10)8-17)9-14(22)19-16(24)18-12-6-4-3-5-7-12/h12H,3-7,9H2,1-2H3,(H2,18,19,22,24). The highest BCUT2D eigenvalue weighted by molar-refractivity contribution is 5.94. The topological polar surface area (TPSA) is 117 Å². The predicted octanol–water partition coefficient (Wildman–Crippen LogP) is 0.890. The van der Waals surface area contributed by atoms with Gasteiger partial charge in [0.15, 0.2) is 0 Å². The Bertz CT molecular complexity index is 741. The van der Waals surface area contributed by atoms with Crippen LogP contribution in [-0.2, 0) is 11.3 Å². The van der Waals surface area contributed by atoms with Gasteiger partial charge in [0.1, 0.15) is 18.2 Å². The molecule has 1 fully saturated rings. The molecule has 1 heterocycles. The molecular formula is C16H21N5O3. The molecule has 1 aliphatic rings. The van der Waals surface area contributed by atoms with Crippen molar-refractivity contribution in [1.82, 2.24) is 20.4 Å². The van der Waals surface area contributed by atoms with E-state index in [9.17, 15) is 14.4 Å². The first kappa shape index (κ1) is 17.7. The maximum Gasteiger partial charge on any atom is 0.321 e. The summed E-state index contributed by atoms with van der Waals surface area (Å²) in [6.07, 6.45) is 5.12. The molecule has 1 aliphatic carbocycles. The van der Waals surface area contributed by atoms with Crippen molar-refractivity contribution in [2.24, 2.45) is 0 Å². The largest absolute Gasteiger partial charge is 0.335 e. The summed E-state index contributed by atoms with van der Waals surface area (Å²) in [7, 11) is 0. The molecule has 0 saturated heterocycles. The molecule has 1 saturated carbocycles. The van der Waals surface area contributed by atoms with Gasteiger partial charge < -0.3 is 5.32 Å². The highest BCUT2D eigenvalue weighted by atomic mass is 16.2. The van der Waals surface area contributed by atoms with Crippen LogP contribution < -0.4 is 16.2 Å². The molecule has 2 N–H and O–H groups in total. The first-order chi connectivity index (χ1) is 11.4. The van der Waals surface area contributed by atoms with Crippen molar-refractivity contribution in [3.63, 3.8) is 0 Å². The number of amides is 3. The summed E-state index contributed by atoms with van der Waals surface area (Å²) in [4.78, 5) is 35.9. The molecule has 2 rings (SSSR count). The van der Waals surface area contributed by atoms with E-state index in [0.29, 0.717) is 11.3 Å². The van der Waals surface area contributed by atoms with Crippen LogP contribution in [0, 0.1) is 25.2 Å². The number of carbonyl (C=O) groups excluding carboxylic acids is 2. The zero-order valence-corrected chi connectivity index (χ0v) is 13.9. The van der Waals surface area contributed by atoms with Gasteiger partial charge in [-0.05, 0) is 32.3 Å². The van der Waals surface area contributed by atoms with E-state index in [1.807, 2.05) is 6.07 Å². The van der Waals surface area contributed by atoms with E-state index >= 15 is 0 Å². The highest BCUT2D eigenvalue weighted by Crippen LogP contribution is 2.17. The van der Waals surface area contributed by atoms with Gasteiger partial charge in [0.2, 0.25) is 5.91 Å². The molecule has 0 aromatic carbocycles. The minimum absolute atomic E-state index is 0.0399. The molecule has 0 bridgehead atoms. The Morgan fingerprint density at radius 1 is 1.29 bits per heavy atom. The lowest BCUT2D eigenvalue weighted by Crippen LogP contribution is -2.47. The van der Waals surface area contributed by atoms with Gasteiger partial charge in [-0.2, -0.15) is 10.4 Å². The molecule has 0 aliphatic heterocycles. The van der Waals surface area contributed by atoms with E-state index in [0.717, 1.165) is 30.4 Å². The molecule has 24 heavy (non-hydrogen) atoms. The lowest BCUT2D eigenvalue weighted by molar-refractivity contribution is -0.120. The Morgan fingerprint density at radius 2 is 1.96 bits per heavy atom. The summed E-state index contributed by atoms with van der Waals surface area (Å²) in [6, 6.07) is 1.35. The van der Waals surface area contributed by atoms with E-state index in [1.165, 1.54) is 6.42 Å². The Morgan fingerprint density at radius 3 is 2.58 bits per heavy atom. The zero-order chi connectivity index (χ0) is 17.7. The van der Waals surface area contributed by atoms with Crippen molar-refractivity contribution in [3.8, 4) is 6.07 Å². The maximum absolute atomic E-state index is 12.1. The van der Waals surface area contributed by atoms with Gasteiger partial charge in [-0.1, -0.05) is 19.3 Å². The van der Waals surface area contributed by atoms with Crippen molar-refractivity contribution < 1.29 is 9.59 Å². The number of hydrogen-bond donors (Lipinski definition) is 2. The lowest BCUT2D eigenvalue weighted by Gasteiger charge is -2.22. The van der Waals surface area contributed by atoms with E-state index in [4.69, 9.17) is 5.26 Å². The van der Waals surface area contributed by atoms with Crippen LogP contribution in [0.2, 0.25) is 0 Å². The summed E-state index contributed by atoms with van der Waals surface area (Å²) in [5, 5.41) is 18.0. The minimum atomic E-state index is -0.648. The van der Waals surface area contributed by atoms with E-state index in [1.54, 1.807) is 13.8 Å². The van der Waals surface area contributed by atoms with E-state index in [-0.39, 0.29) is 11.6 Å². The third kappa shape index (κ3) is 4.19. The summed E-state index contributed by atoms with van der Waals surface area (Å²) in [5.41, 5.74) is 0.310. The number of imide groups is 1. The van der Waals surface area contributed by atoms with Gasteiger partial charge in [0.25, 0.3) is 5.56 Å². The normalized spacial score (nSPS) is 14.7. The van der Waals surface area contributed by atoms with Crippen LogP contribution in [0.1, 0.15) is 48.9 Å². The molecule has 0 radical (unpaired) electrons. The number of urea groups is 1. The number of aromatic nitrogens is 2. The number of carbonyl (C=O) groups is 2. The molecule has 1 aromatic heterocycles. The first-order valence-corrected chi connectivity index (χ1v) is 8.01. The van der Waals surface area contributed by atoms with Crippen LogP contribution >= 0.6 is 0 Å². The minimum Gasteiger partial charge on any atom is -0.335 e. The average molecular weight is 331 g/mol. The molecule has 8 nitrogen and oxygen atoms in total. The van der Waals surface area contributed by atoms with Gasteiger partial charge in [-0.25, -0.2) is 9.48 Å². The van der Waals surface area contributed by atoms with Gasteiger partial charge in [0, 0.05) is 6.04 Å². The first-order valence-electron chi connectivity index (χ1n) is 8.01. The Hall–Kier alpha value is -2.69. The van der Waals surface area contributed by atoms with Gasteiger partial charge in [-0.3, -0.25) is 14.9 Å². The Kier molecular flexibility index (Phi) is 5.68. The smallest absolute Gasteiger partial charge is 0.321 e. The number of aryl methyl sites for hydroxylation is 1. The van der Waals surface area contributed by atoms with Gasteiger partial charge in [0.05, 0.1) is 5.69 Å². The number of nitrogens with one attached hydrogen (secondary N) is 2. The molecule has 0 atom stereocenters. The summed E-state index contributed by atoms with van der Waals surface area (Å²) < 4.78 is 0.907. The fraction of sp³-hybridized carbons (Fsp3) is 0.562. The maximum atomic E-state index is 12.1. The van der Waals surface area contributed by atoms with E-state index < -0.39 is 24.0 Å². The van der Waals surface area contributed by atoms with Crippen molar-refractivity contribution in [2.75, 3.05) is 0 Å². The predicted molar refractivity (Wildman–Crippen MR) is 86.2 cm³/mol. The Labute approximate surface area is 139 Å². The zero-order valence-electron chi connectivity index (χ0n) is 13.9. The molecule has 1 aromatic rings. The second-order valence-electron chi connectivity index (χ2n) is 6.02. The molecule has 0 unspecified atom stereocenters. The average Bonchev–Trinajstić information content (AvgIpc) is 2.54. The molecule has 128 valence electrons. The number of hydrogen-bond acceptors (Lipinski definition) is 5. The van der Waals surface area contributed by atoms with Gasteiger partial charge in [-0.15, -0.1) is 0 Å². The molecule has 3 amide bonds. The van der Waals surface area contributed by atoms with Crippen LogP contribution in [0.15, 0.2) is 4.79 Å². The number of nitriles is 1. The number of nitrogens with zero attached hydrogens (tertiary/aromatic N) is 3. The fourth-order valence-corrected chi connectivity index (χ4v) is 2.78. The summed E-state index contributed by atoms with van der Waals surface area (Å²) in [5.74, 6) is -0.648. The highest BCUT2D eigenvalue weighted by Gasteiger charge is 2.18. The Balaban J connectivity index is 2.00. The van der Waals surface area contributed by atoms with Crippen molar-refractivity contribution >= 4 is 11.9 Å². The summed E-state index contributed by atoms with van der Waals surface area (Å²) in [6.45, 7) is 2.87.